The summed E-state index contributed by atoms with van der Waals surface area (Å²) in [4.78, 5) is 8.82. The van der Waals surface area contributed by atoms with Crippen LogP contribution in [-0.4, -0.2) is 9.97 Å². The van der Waals surface area contributed by atoms with Crippen molar-refractivity contribution in [2.24, 2.45) is 17.8 Å². The van der Waals surface area contributed by atoms with E-state index in [1.807, 2.05) is 6.20 Å². The lowest BCUT2D eigenvalue weighted by atomic mass is 9.48. The molecule has 4 fully saturated rings. The van der Waals surface area contributed by atoms with Gasteiger partial charge in [-0.05, 0) is 68.8 Å². The molecule has 5 rings (SSSR count). The second-order valence-corrected chi connectivity index (χ2v) is 6.75. The monoisotopic (exact) mass is 228 g/mol. The first-order valence-electron chi connectivity index (χ1n) is 7.02. The lowest BCUT2D eigenvalue weighted by Crippen LogP contribution is -2.49. The molecule has 4 aliphatic carbocycles. The molecular formula is C15H20N2. The molecule has 0 aliphatic heterocycles. The minimum absolute atomic E-state index is 0.432. The Kier molecular flexibility index (Phi) is 1.95. The summed E-state index contributed by atoms with van der Waals surface area (Å²) in [5.41, 5.74) is 3.13. The zero-order chi connectivity index (χ0) is 11.5. The maximum atomic E-state index is 4.66. The predicted octanol–water partition coefficient (Wildman–Crippen LogP) is 3.25. The zero-order valence-electron chi connectivity index (χ0n) is 10.5. The first kappa shape index (κ1) is 10.0. The van der Waals surface area contributed by atoms with E-state index in [9.17, 15) is 0 Å². The van der Waals surface area contributed by atoms with Gasteiger partial charge in [0.2, 0.25) is 0 Å². The molecule has 0 atom stereocenters. The third-order valence-electron chi connectivity index (χ3n) is 5.44. The highest BCUT2D eigenvalue weighted by molar-refractivity contribution is 5.28. The molecule has 1 heterocycles. The van der Waals surface area contributed by atoms with Gasteiger partial charge >= 0.3 is 0 Å². The number of rotatable bonds is 1. The maximum Gasteiger partial charge on any atom is 0.115 e. The summed E-state index contributed by atoms with van der Waals surface area (Å²) in [7, 11) is 0. The van der Waals surface area contributed by atoms with E-state index in [2.05, 4.69) is 16.9 Å². The molecule has 0 N–H and O–H groups in total. The third-order valence-corrected chi connectivity index (χ3v) is 5.44. The Labute approximate surface area is 103 Å². The Morgan fingerprint density at radius 2 is 1.65 bits per heavy atom. The minimum Gasteiger partial charge on any atom is -0.245 e. The highest BCUT2D eigenvalue weighted by Gasteiger charge is 2.52. The van der Waals surface area contributed by atoms with Crippen LogP contribution < -0.4 is 0 Å². The molecule has 0 spiro atoms. The van der Waals surface area contributed by atoms with E-state index >= 15 is 0 Å². The summed E-state index contributed by atoms with van der Waals surface area (Å²) in [6.45, 7) is 2.19. The number of aromatic nitrogens is 2. The van der Waals surface area contributed by atoms with Crippen LogP contribution in [0, 0.1) is 24.7 Å². The van der Waals surface area contributed by atoms with E-state index < -0.39 is 0 Å². The van der Waals surface area contributed by atoms with Crippen molar-refractivity contribution in [3.05, 3.63) is 23.8 Å². The Hall–Kier alpha value is -0.920. The fourth-order valence-corrected chi connectivity index (χ4v) is 5.36. The van der Waals surface area contributed by atoms with Gasteiger partial charge in [-0.1, -0.05) is 0 Å². The molecule has 2 nitrogen and oxygen atoms in total. The largest absolute Gasteiger partial charge is 0.245 e. The highest BCUT2D eigenvalue weighted by atomic mass is 14.8. The highest BCUT2D eigenvalue weighted by Crippen LogP contribution is 2.60. The van der Waals surface area contributed by atoms with E-state index in [0.717, 1.165) is 17.8 Å². The van der Waals surface area contributed by atoms with Gasteiger partial charge in [0.25, 0.3) is 0 Å². The summed E-state index contributed by atoms with van der Waals surface area (Å²) in [5.74, 6) is 2.99. The van der Waals surface area contributed by atoms with Gasteiger partial charge in [-0.2, -0.15) is 0 Å². The molecule has 2 heteroatoms. The van der Waals surface area contributed by atoms with Crippen LogP contribution >= 0.6 is 0 Å². The van der Waals surface area contributed by atoms with Crippen LogP contribution in [0.15, 0.2) is 12.5 Å². The lowest BCUT2D eigenvalue weighted by molar-refractivity contribution is -0.00757. The van der Waals surface area contributed by atoms with E-state index in [1.165, 1.54) is 49.8 Å². The number of aryl methyl sites for hydroxylation is 1. The van der Waals surface area contributed by atoms with Crippen molar-refractivity contribution in [1.82, 2.24) is 9.97 Å². The normalized spacial score (nSPS) is 43.0. The van der Waals surface area contributed by atoms with Crippen LogP contribution in [0.2, 0.25) is 0 Å². The third kappa shape index (κ3) is 1.39. The molecule has 4 aliphatic rings. The van der Waals surface area contributed by atoms with Gasteiger partial charge in [-0.15, -0.1) is 0 Å². The second kappa shape index (κ2) is 3.30. The van der Waals surface area contributed by atoms with Crippen LogP contribution in [0.4, 0.5) is 0 Å². The van der Waals surface area contributed by atoms with E-state index in [4.69, 9.17) is 0 Å². The standard InChI is InChI=1S/C15H20N2/c1-10-8-16-9-17-14(10)15-5-11-2-12(6-15)4-13(3-11)7-15/h8-9,11-13H,2-7H2,1H3. The van der Waals surface area contributed by atoms with E-state index in [0.29, 0.717) is 5.41 Å². The molecule has 1 aromatic heterocycles. The summed E-state index contributed by atoms with van der Waals surface area (Å²) < 4.78 is 0. The first-order chi connectivity index (χ1) is 8.25. The van der Waals surface area contributed by atoms with Crippen molar-refractivity contribution in [2.75, 3.05) is 0 Å². The van der Waals surface area contributed by atoms with Crippen molar-refractivity contribution in [3.8, 4) is 0 Å². The van der Waals surface area contributed by atoms with Crippen molar-refractivity contribution in [2.45, 2.75) is 50.9 Å². The van der Waals surface area contributed by atoms with Crippen molar-refractivity contribution >= 4 is 0 Å². The van der Waals surface area contributed by atoms with Gasteiger partial charge in [0.05, 0.1) is 5.69 Å². The number of hydrogen-bond donors (Lipinski definition) is 0. The summed E-state index contributed by atoms with van der Waals surface area (Å²) >= 11 is 0. The molecule has 17 heavy (non-hydrogen) atoms. The topological polar surface area (TPSA) is 25.8 Å². The molecule has 0 amide bonds. The van der Waals surface area contributed by atoms with Gasteiger partial charge in [-0.25, -0.2) is 9.97 Å². The summed E-state index contributed by atoms with van der Waals surface area (Å²) in [6.07, 6.45) is 12.5. The van der Waals surface area contributed by atoms with Gasteiger partial charge < -0.3 is 0 Å². The second-order valence-electron chi connectivity index (χ2n) is 6.75. The van der Waals surface area contributed by atoms with Gasteiger partial charge in [0.15, 0.2) is 0 Å². The molecule has 0 saturated heterocycles. The quantitative estimate of drug-likeness (QED) is 0.737. The Morgan fingerprint density at radius 1 is 1.06 bits per heavy atom. The van der Waals surface area contributed by atoms with Crippen LogP contribution in [0.5, 0.6) is 0 Å². The molecule has 4 saturated carbocycles. The van der Waals surface area contributed by atoms with Gasteiger partial charge in [0, 0.05) is 11.6 Å². The summed E-state index contributed by atoms with van der Waals surface area (Å²) in [6, 6.07) is 0. The number of nitrogens with zero attached hydrogens (tertiary/aromatic N) is 2. The molecular weight excluding hydrogens is 208 g/mol. The predicted molar refractivity (Wildman–Crippen MR) is 66.6 cm³/mol. The van der Waals surface area contributed by atoms with Gasteiger partial charge in [0.1, 0.15) is 6.33 Å². The fourth-order valence-electron chi connectivity index (χ4n) is 5.36. The van der Waals surface area contributed by atoms with E-state index in [-0.39, 0.29) is 0 Å². The molecule has 0 radical (unpaired) electrons. The van der Waals surface area contributed by atoms with Crippen molar-refractivity contribution in [3.63, 3.8) is 0 Å². The molecule has 0 unspecified atom stereocenters. The van der Waals surface area contributed by atoms with Crippen LogP contribution in [0.25, 0.3) is 0 Å². The van der Waals surface area contributed by atoms with Gasteiger partial charge in [-0.3, -0.25) is 0 Å². The fraction of sp³-hybridized carbons (Fsp3) is 0.733. The molecule has 4 bridgehead atoms. The maximum absolute atomic E-state index is 4.66. The minimum atomic E-state index is 0.432. The lowest BCUT2D eigenvalue weighted by Gasteiger charge is -2.56. The Bertz CT molecular complexity index is 417. The Morgan fingerprint density at radius 3 is 2.18 bits per heavy atom. The van der Waals surface area contributed by atoms with E-state index in [1.54, 1.807) is 6.33 Å². The average Bonchev–Trinajstić information content (AvgIpc) is 2.27. The molecule has 90 valence electrons. The van der Waals surface area contributed by atoms with Crippen molar-refractivity contribution < 1.29 is 0 Å². The SMILES string of the molecule is Cc1cncnc1C12CC3CC(CC(C3)C1)C2. The summed E-state index contributed by atoms with van der Waals surface area (Å²) in [5, 5.41) is 0. The molecule has 0 aromatic carbocycles. The number of hydrogen-bond acceptors (Lipinski definition) is 2. The molecule has 1 aromatic rings. The smallest absolute Gasteiger partial charge is 0.115 e. The average molecular weight is 228 g/mol. The zero-order valence-corrected chi connectivity index (χ0v) is 10.5. The van der Waals surface area contributed by atoms with Crippen LogP contribution in [0.1, 0.15) is 49.8 Å². The Balaban J connectivity index is 1.80. The first-order valence-corrected chi connectivity index (χ1v) is 7.02. The van der Waals surface area contributed by atoms with Crippen LogP contribution in [0.3, 0.4) is 0 Å². The van der Waals surface area contributed by atoms with Crippen LogP contribution in [-0.2, 0) is 5.41 Å². The van der Waals surface area contributed by atoms with Crippen molar-refractivity contribution in [1.29, 1.82) is 0 Å².